The molecule has 8 heteroatoms. The molecule has 0 unspecified atom stereocenters. The van der Waals surface area contributed by atoms with Crippen molar-refractivity contribution in [1.29, 1.82) is 0 Å². The second-order valence-corrected chi connectivity index (χ2v) is 7.90. The highest BCUT2D eigenvalue weighted by molar-refractivity contribution is 8.00. The van der Waals surface area contributed by atoms with Crippen LogP contribution in [-0.4, -0.2) is 22.5 Å². The van der Waals surface area contributed by atoms with Crippen LogP contribution in [0.25, 0.3) is 6.08 Å². The van der Waals surface area contributed by atoms with Crippen molar-refractivity contribution in [3.05, 3.63) is 100 Å². The lowest BCUT2D eigenvalue weighted by atomic mass is 10.2. The summed E-state index contributed by atoms with van der Waals surface area (Å²) in [5.41, 5.74) is 2.69. The zero-order valence-corrected chi connectivity index (χ0v) is 18.1. The third-order valence-corrected chi connectivity index (χ3v) is 5.39. The molecule has 162 valence electrons. The molecule has 0 saturated carbocycles. The largest absolute Gasteiger partial charge is 0.325 e. The van der Waals surface area contributed by atoms with E-state index in [-0.39, 0.29) is 23.3 Å². The van der Waals surface area contributed by atoms with Gasteiger partial charge in [0.1, 0.15) is 0 Å². The van der Waals surface area contributed by atoms with Crippen molar-refractivity contribution < 1.29 is 14.5 Å². The van der Waals surface area contributed by atoms with E-state index < -0.39 is 4.92 Å². The molecule has 0 aliphatic carbocycles. The second kappa shape index (κ2) is 10.9. The second-order valence-electron chi connectivity index (χ2n) is 6.85. The minimum Gasteiger partial charge on any atom is -0.325 e. The molecule has 32 heavy (non-hydrogen) atoms. The van der Waals surface area contributed by atoms with Crippen LogP contribution < -0.4 is 10.6 Å². The average Bonchev–Trinajstić information content (AvgIpc) is 2.78. The van der Waals surface area contributed by atoms with E-state index in [2.05, 4.69) is 10.6 Å². The molecule has 3 aromatic carbocycles. The number of aryl methyl sites for hydroxylation is 1. The Bertz CT molecular complexity index is 1160. The van der Waals surface area contributed by atoms with Crippen LogP contribution in [-0.2, 0) is 9.59 Å². The number of anilines is 2. The summed E-state index contributed by atoms with van der Waals surface area (Å²) in [5.74, 6) is -0.323. The lowest BCUT2D eigenvalue weighted by Gasteiger charge is -2.09. The van der Waals surface area contributed by atoms with E-state index in [0.717, 1.165) is 10.5 Å². The highest BCUT2D eigenvalue weighted by Crippen LogP contribution is 2.24. The quantitative estimate of drug-likeness (QED) is 0.212. The smallest absolute Gasteiger partial charge is 0.269 e. The summed E-state index contributed by atoms with van der Waals surface area (Å²) in [6.45, 7) is 1.70. The van der Waals surface area contributed by atoms with Gasteiger partial charge in [-0.15, -0.1) is 11.8 Å². The van der Waals surface area contributed by atoms with Gasteiger partial charge < -0.3 is 10.6 Å². The summed E-state index contributed by atoms with van der Waals surface area (Å²) >= 11 is 1.32. The van der Waals surface area contributed by atoms with Crippen molar-refractivity contribution in [3.63, 3.8) is 0 Å². The monoisotopic (exact) mass is 447 g/mol. The molecule has 3 aromatic rings. The number of hydrogen-bond donors (Lipinski definition) is 2. The highest BCUT2D eigenvalue weighted by Gasteiger charge is 2.11. The van der Waals surface area contributed by atoms with E-state index >= 15 is 0 Å². The van der Waals surface area contributed by atoms with Gasteiger partial charge >= 0.3 is 0 Å². The number of non-ortho nitro benzene ring substituents is 1. The zero-order valence-electron chi connectivity index (χ0n) is 17.3. The molecule has 2 amide bonds. The fourth-order valence-corrected chi connectivity index (χ4v) is 3.58. The molecule has 0 spiro atoms. The number of benzene rings is 3. The van der Waals surface area contributed by atoms with Crippen LogP contribution in [0.5, 0.6) is 0 Å². The number of rotatable bonds is 8. The minimum atomic E-state index is -0.475. The fraction of sp³-hybridized carbons (Fsp3) is 0.0833. The maximum atomic E-state index is 12.3. The predicted octanol–water partition coefficient (Wildman–Crippen LogP) is 5.29. The van der Waals surface area contributed by atoms with Crippen molar-refractivity contribution in [1.82, 2.24) is 0 Å². The number of nitrogens with zero attached hydrogens (tertiary/aromatic N) is 1. The molecule has 0 aliphatic rings. The molecule has 0 radical (unpaired) electrons. The third kappa shape index (κ3) is 6.82. The summed E-state index contributed by atoms with van der Waals surface area (Å²) < 4.78 is 0. The first-order valence-corrected chi connectivity index (χ1v) is 10.7. The number of nitro groups is 1. The Morgan fingerprint density at radius 3 is 2.50 bits per heavy atom. The number of hydrogen-bond acceptors (Lipinski definition) is 5. The molecule has 0 fully saturated rings. The van der Waals surface area contributed by atoms with E-state index in [9.17, 15) is 19.7 Å². The van der Waals surface area contributed by atoms with Crippen molar-refractivity contribution in [2.45, 2.75) is 11.8 Å². The Kier molecular flexibility index (Phi) is 7.77. The van der Waals surface area contributed by atoms with Crippen molar-refractivity contribution in [3.8, 4) is 0 Å². The topological polar surface area (TPSA) is 101 Å². The lowest BCUT2D eigenvalue weighted by Crippen LogP contribution is -2.15. The summed E-state index contributed by atoms with van der Waals surface area (Å²) in [7, 11) is 0. The number of nitro benzene ring substituents is 1. The molecule has 7 nitrogen and oxygen atoms in total. The van der Waals surface area contributed by atoms with Crippen LogP contribution in [0, 0.1) is 17.0 Å². The molecular formula is C24H21N3O4S. The van der Waals surface area contributed by atoms with Crippen molar-refractivity contribution in [2.24, 2.45) is 0 Å². The first-order chi connectivity index (χ1) is 15.4. The van der Waals surface area contributed by atoms with Gasteiger partial charge in [-0.1, -0.05) is 36.4 Å². The first kappa shape index (κ1) is 22.8. The molecule has 0 bridgehead atoms. The van der Waals surface area contributed by atoms with E-state index in [1.165, 1.54) is 36.0 Å². The summed E-state index contributed by atoms with van der Waals surface area (Å²) in [4.78, 5) is 35.6. The highest BCUT2D eigenvalue weighted by atomic mass is 32.2. The molecule has 3 rings (SSSR count). The third-order valence-electron chi connectivity index (χ3n) is 4.39. The van der Waals surface area contributed by atoms with Crippen LogP contribution in [0.15, 0.2) is 83.8 Å². The molecule has 0 heterocycles. The number of carbonyl (C=O) groups is 2. The summed E-state index contributed by atoms with van der Waals surface area (Å²) in [5, 5.41) is 16.4. The van der Waals surface area contributed by atoms with Gasteiger partial charge in [0, 0.05) is 34.5 Å². The van der Waals surface area contributed by atoms with Crippen molar-refractivity contribution in [2.75, 3.05) is 16.4 Å². The van der Waals surface area contributed by atoms with Gasteiger partial charge in [-0.3, -0.25) is 19.7 Å². The Morgan fingerprint density at radius 1 is 1.00 bits per heavy atom. The molecule has 0 aromatic heterocycles. The van der Waals surface area contributed by atoms with E-state index in [1.807, 2.05) is 36.4 Å². The average molecular weight is 448 g/mol. The SMILES string of the molecule is Cc1cc([N+](=O)[O-])ccc1NC(=O)CSc1cccc(NC(=O)/C=C/c2ccccc2)c1. The number of thioether (sulfide) groups is 1. The van der Waals surface area contributed by atoms with Crippen LogP contribution >= 0.6 is 11.8 Å². The standard InChI is InChI=1S/C24H21N3O4S/c1-17-14-20(27(30)31)11-12-22(17)26-24(29)16-32-21-9-5-8-19(15-21)25-23(28)13-10-18-6-3-2-4-7-18/h2-15H,16H2,1H3,(H,25,28)(H,26,29)/b13-10+. The summed E-state index contributed by atoms with van der Waals surface area (Å²) in [6, 6.07) is 21.0. The van der Waals surface area contributed by atoms with Gasteiger partial charge in [-0.25, -0.2) is 0 Å². The fourth-order valence-electron chi connectivity index (χ4n) is 2.82. The van der Waals surface area contributed by atoms with E-state index in [4.69, 9.17) is 0 Å². The van der Waals surface area contributed by atoms with Crippen LogP contribution in [0.4, 0.5) is 17.1 Å². The molecule has 0 saturated heterocycles. The Hall–Kier alpha value is -3.91. The zero-order chi connectivity index (χ0) is 22.9. The molecule has 0 atom stereocenters. The Morgan fingerprint density at radius 2 is 1.78 bits per heavy atom. The van der Waals surface area contributed by atoms with Gasteiger partial charge in [-0.05, 0) is 48.4 Å². The van der Waals surface area contributed by atoms with Gasteiger partial charge in [-0.2, -0.15) is 0 Å². The van der Waals surface area contributed by atoms with E-state index in [0.29, 0.717) is 16.9 Å². The lowest BCUT2D eigenvalue weighted by molar-refractivity contribution is -0.384. The maximum absolute atomic E-state index is 12.3. The number of amides is 2. The van der Waals surface area contributed by atoms with E-state index in [1.54, 1.807) is 31.2 Å². The predicted molar refractivity (Wildman–Crippen MR) is 128 cm³/mol. The number of nitrogens with one attached hydrogen (secondary N) is 2. The van der Waals surface area contributed by atoms with Gasteiger partial charge in [0.15, 0.2) is 0 Å². The molecular weight excluding hydrogens is 426 g/mol. The normalized spacial score (nSPS) is 10.7. The Labute approximate surface area is 189 Å². The van der Waals surface area contributed by atoms with Crippen molar-refractivity contribution >= 4 is 46.7 Å². The molecule has 2 N–H and O–H groups in total. The maximum Gasteiger partial charge on any atom is 0.269 e. The molecule has 0 aliphatic heterocycles. The minimum absolute atomic E-state index is 0.0210. The Balaban J connectivity index is 1.53. The van der Waals surface area contributed by atoms with Crippen LogP contribution in [0.1, 0.15) is 11.1 Å². The van der Waals surface area contributed by atoms with Gasteiger partial charge in [0.2, 0.25) is 11.8 Å². The van der Waals surface area contributed by atoms with Crippen LogP contribution in [0.3, 0.4) is 0 Å². The van der Waals surface area contributed by atoms with Gasteiger partial charge in [0.05, 0.1) is 10.7 Å². The number of carbonyl (C=O) groups excluding carboxylic acids is 2. The summed E-state index contributed by atoms with van der Waals surface area (Å²) in [6.07, 6.45) is 3.20. The van der Waals surface area contributed by atoms with Crippen LogP contribution in [0.2, 0.25) is 0 Å². The first-order valence-electron chi connectivity index (χ1n) is 9.72. The van der Waals surface area contributed by atoms with Gasteiger partial charge in [0.25, 0.3) is 5.69 Å².